The third kappa shape index (κ3) is 2.46. The summed E-state index contributed by atoms with van der Waals surface area (Å²) >= 11 is 5.89. The number of benzene rings is 1. The van der Waals surface area contributed by atoms with Gasteiger partial charge in [0.2, 0.25) is 5.95 Å². The van der Waals surface area contributed by atoms with Crippen LogP contribution in [0.15, 0.2) is 35.3 Å². The summed E-state index contributed by atoms with van der Waals surface area (Å²) in [6.45, 7) is 2.99. The van der Waals surface area contributed by atoms with Gasteiger partial charge in [-0.25, -0.2) is 9.78 Å². The van der Waals surface area contributed by atoms with Crippen LogP contribution in [0.25, 0.3) is 0 Å². The van der Waals surface area contributed by atoms with Crippen molar-refractivity contribution in [3.8, 4) is 0 Å². The average Bonchev–Trinajstić information content (AvgIpc) is 2.93. The number of fused-ring (bicyclic) bond motifs is 1. The van der Waals surface area contributed by atoms with Crippen molar-refractivity contribution in [2.45, 2.75) is 13.5 Å². The van der Waals surface area contributed by atoms with Gasteiger partial charge >= 0.3 is 5.97 Å². The summed E-state index contributed by atoms with van der Waals surface area (Å²) in [6.07, 6.45) is 1.28. The minimum Gasteiger partial charge on any atom is -0.462 e. The predicted molar refractivity (Wildman–Crippen MR) is 82.9 cm³/mol. The molecule has 0 saturated carbocycles. The van der Waals surface area contributed by atoms with Crippen LogP contribution in [0.3, 0.4) is 0 Å². The highest BCUT2D eigenvalue weighted by atomic mass is 35.5. The largest absolute Gasteiger partial charge is 0.462 e. The molecular weight excluding hydrogens is 306 g/mol. The first-order valence-corrected chi connectivity index (χ1v) is 7.29. The number of carbonyl (C=O) groups is 1. The van der Waals surface area contributed by atoms with Crippen LogP contribution in [0.5, 0.6) is 0 Å². The molecule has 3 rings (SSSR count). The van der Waals surface area contributed by atoms with Gasteiger partial charge in [-0.15, -0.1) is 0 Å². The van der Waals surface area contributed by atoms with E-state index in [0.29, 0.717) is 24.1 Å². The molecule has 0 atom stereocenters. The molecule has 0 aliphatic carbocycles. The number of nitrogens with zero attached hydrogens (tertiary/aromatic N) is 3. The highest BCUT2D eigenvalue weighted by molar-refractivity contribution is 6.30. The van der Waals surface area contributed by atoms with E-state index in [4.69, 9.17) is 16.3 Å². The quantitative estimate of drug-likeness (QED) is 0.812. The summed E-state index contributed by atoms with van der Waals surface area (Å²) in [7, 11) is 0. The van der Waals surface area contributed by atoms with Gasteiger partial charge in [-0.05, 0) is 31.2 Å². The molecule has 1 aliphatic rings. The number of anilines is 2. The molecule has 1 aromatic heterocycles. The van der Waals surface area contributed by atoms with E-state index in [0.717, 1.165) is 5.69 Å². The standard InChI is InChI=1S/C15H14ClN3O3/c1-2-22-14(21)12-9-17-15-18(7-8-19(15)13(12)20)11-5-3-10(16)4-6-11/h3-6,9H,2,7-8H2,1H3. The van der Waals surface area contributed by atoms with Gasteiger partial charge in [-0.3, -0.25) is 9.36 Å². The molecule has 7 heteroatoms. The minimum atomic E-state index is -0.639. The maximum absolute atomic E-state index is 12.4. The first-order valence-electron chi connectivity index (χ1n) is 6.92. The zero-order chi connectivity index (χ0) is 15.7. The molecule has 6 nitrogen and oxygen atoms in total. The lowest BCUT2D eigenvalue weighted by atomic mass is 10.3. The van der Waals surface area contributed by atoms with Gasteiger partial charge in [0.1, 0.15) is 5.56 Å². The van der Waals surface area contributed by atoms with Gasteiger partial charge in [0.15, 0.2) is 0 Å². The molecule has 2 aromatic rings. The summed E-state index contributed by atoms with van der Waals surface area (Å²) in [5.41, 5.74) is 0.481. The Labute approximate surface area is 131 Å². The van der Waals surface area contributed by atoms with Crippen molar-refractivity contribution in [2.75, 3.05) is 18.1 Å². The van der Waals surface area contributed by atoms with E-state index < -0.39 is 5.97 Å². The summed E-state index contributed by atoms with van der Waals surface area (Å²) in [5, 5.41) is 0.644. The predicted octanol–water partition coefficient (Wildman–Crippen LogP) is 2.23. The van der Waals surface area contributed by atoms with Gasteiger partial charge < -0.3 is 9.64 Å². The number of halogens is 1. The lowest BCUT2D eigenvalue weighted by Crippen LogP contribution is -2.27. The number of carbonyl (C=O) groups excluding carboxylic acids is 1. The molecule has 0 saturated heterocycles. The van der Waals surface area contributed by atoms with E-state index in [9.17, 15) is 9.59 Å². The molecule has 1 aromatic carbocycles. The van der Waals surface area contributed by atoms with Crippen molar-refractivity contribution < 1.29 is 9.53 Å². The second kappa shape index (κ2) is 5.81. The fraction of sp³-hybridized carbons (Fsp3) is 0.267. The lowest BCUT2D eigenvalue weighted by molar-refractivity contribution is 0.0523. The Balaban J connectivity index is 1.99. The maximum atomic E-state index is 12.4. The first kappa shape index (κ1) is 14.6. The van der Waals surface area contributed by atoms with E-state index in [1.165, 1.54) is 10.8 Å². The van der Waals surface area contributed by atoms with Crippen LogP contribution < -0.4 is 10.5 Å². The second-order valence-corrected chi connectivity index (χ2v) is 5.21. The van der Waals surface area contributed by atoms with Crippen LogP contribution in [-0.2, 0) is 11.3 Å². The van der Waals surface area contributed by atoms with E-state index in [2.05, 4.69) is 4.98 Å². The normalized spacial score (nSPS) is 13.1. The third-order valence-electron chi connectivity index (χ3n) is 3.45. The zero-order valence-corrected chi connectivity index (χ0v) is 12.7. The van der Waals surface area contributed by atoms with Crippen molar-refractivity contribution in [3.63, 3.8) is 0 Å². The van der Waals surface area contributed by atoms with Crippen LogP contribution in [0.1, 0.15) is 17.3 Å². The SMILES string of the molecule is CCOC(=O)c1cnc2n(c1=O)CCN2c1ccc(Cl)cc1. The summed E-state index contributed by atoms with van der Waals surface area (Å²) in [4.78, 5) is 30.3. The average molecular weight is 320 g/mol. The lowest BCUT2D eigenvalue weighted by Gasteiger charge is -2.17. The molecular formula is C15H14ClN3O3. The topological polar surface area (TPSA) is 64.4 Å². The minimum absolute atomic E-state index is 0.0384. The van der Waals surface area contributed by atoms with Gasteiger partial charge in [0, 0.05) is 23.8 Å². The Hall–Kier alpha value is -2.34. The Bertz CT molecular complexity index is 771. The molecule has 1 aliphatic heterocycles. The molecule has 2 heterocycles. The number of aromatic nitrogens is 2. The van der Waals surface area contributed by atoms with Crippen molar-refractivity contribution in [2.24, 2.45) is 0 Å². The second-order valence-electron chi connectivity index (χ2n) is 4.78. The number of hydrogen-bond donors (Lipinski definition) is 0. The van der Waals surface area contributed by atoms with Gasteiger partial charge in [-0.2, -0.15) is 0 Å². The van der Waals surface area contributed by atoms with Crippen LogP contribution in [-0.4, -0.2) is 28.7 Å². The van der Waals surface area contributed by atoms with Crippen LogP contribution in [0, 0.1) is 0 Å². The molecule has 0 bridgehead atoms. The first-order chi connectivity index (χ1) is 10.6. The highest BCUT2D eigenvalue weighted by Gasteiger charge is 2.26. The number of rotatable bonds is 3. The molecule has 22 heavy (non-hydrogen) atoms. The van der Waals surface area contributed by atoms with Crippen molar-refractivity contribution in [3.05, 3.63) is 51.4 Å². The van der Waals surface area contributed by atoms with Crippen LogP contribution >= 0.6 is 11.6 Å². The van der Waals surface area contributed by atoms with Crippen molar-refractivity contribution >= 4 is 29.2 Å². The molecule has 0 amide bonds. The smallest absolute Gasteiger partial charge is 0.345 e. The molecule has 0 radical (unpaired) electrons. The van der Waals surface area contributed by atoms with Crippen molar-refractivity contribution in [1.82, 2.24) is 9.55 Å². The Morgan fingerprint density at radius 2 is 2.05 bits per heavy atom. The molecule has 114 valence electrons. The Morgan fingerprint density at radius 3 is 2.73 bits per heavy atom. The zero-order valence-electron chi connectivity index (χ0n) is 12.0. The van der Waals surface area contributed by atoms with E-state index in [1.54, 1.807) is 19.1 Å². The van der Waals surface area contributed by atoms with Crippen LogP contribution in [0.4, 0.5) is 11.6 Å². The Morgan fingerprint density at radius 1 is 1.32 bits per heavy atom. The molecule has 0 N–H and O–H groups in total. The number of esters is 1. The monoisotopic (exact) mass is 319 g/mol. The number of hydrogen-bond acceptors (Lipinski definition) is 5. The fourth-order valence-electron chi connectivity index (χ4n) is 2.41. The fourth-order valence-corrected chi connectivity index (χ4v) is 2.54. The van der Waals surface area contributed by atoms with E-state index in [-0.39, 0.29) is 17.7 Å². The maximum Gasteiger partial charge on any atom is 0.345 e. The van der Waals surface area contributed by atoms with Gasteiger partial charge in [-0.1, -0.05) is 11.6 Å². The van der Waals surface area contributed by atoms with Gasteiger partial charge in [0.05, 0.1) is 12.8 Å². The van der Waals surface area contributed by atoms with Gasteiger partial charge in [0.25, 0.3) is 5.56 Å². The molecule has 0 fully saturated rings. The van der Waals surface area contributed by atoms with E-state index >= 15 is 0 Å². The van der Waals surface area contributed by atoms with Crippen molar-refractivity contribution in [1.29, 1.82) is 0 Å². The molecule has 0 spiro atoms. The summed E-state index contributed by atoms with van der Waals surface area (Å²) in [5.74, 6) is -0.124. The highest BCUT2D eigenvalue weighted by Crippen LogP contribution is 2.27. The summed E-state index contributed by atoms with van der Waals surface area (Å²) in [6, 6.07) is 7.29. The third-order valence-corrected chi connectivity index (χ3v) is 3.70. The number of ether oxygens (including phenoxy) is 1. The van der Waals surface area contributed by atoms with Crippen LogP contribution in [0.2, 0.25) is 5.02 Å². The molecule has 0 unspecified atom stereocenters. The van der Waals surface area contributed by atoms with E-state index in [1.807, 2.05) is 17.0 Å². The summed E-state index contributed by atoms with van der Waals surface area (Å²) < 4.78 is 6.36. The Kier molecular flexibility index (Phi) is 3.85.